The molecule has 4 heterocycles. The number of hydrogen-bond acceptors (Lipinski definition) is 6. The van der Waals surface area contributed by atoms with Gasteiger partial charge in [-0.25, -0.2) is 14.8 Å². The second-order valence-electron chi connectivity index (χ2n) is 8.95. The molecule has 204 valence electrons. The summed E-state index contributed by atoms with van der Waals surface area (Å²) in [5.74, 6) is 1.50. The number of urea groups is 1. The van der Waals surface area contributed by atoms with Gasteiger partial charge in [0, 0.05) is 37.6 Å². The summed E-state index contributed by atoms with van der Waals surface area (Å²) in [6.07, 6.45) is 4.51. The third-order valence-electron chi connectivity index (χ3n) is 6.05. The maximum atomic E-state index is 12.7. The maximum absolute atomic E-state index is 12.7. The van der Waals surface area contributed by atoms with Gasteiger partial charge in [0.1, 0.15) is 11.5 Å². The maximum Gasteiger partial charge on any atom is 0.417 e. The third kappa shape index (κ3) is 7.13. The van der Waals surface area contributed by atoms with Gasteiger partial charge in [0.05, 0.1) is 23.6 Å². The van der Waals surface area contributed by atoms with Gasteiger partial charge in [0.25, 0.3) is 0 Å². The number of nitrogens with one attached hydrogen (secondary N) is 1. The standard InChI is InChI=1S/C29H24F3N5O3/c30-29(31,32)22-6-8-26(34-17-22)39-24-4-1-3-21(16-24)15-20-10-13-37(14-11-20)28(38)36-23-7-9-27(35-18-23)40-25-5-2-12-33-19-25/h1-9,12,15-19H,10-11,13-14H2,(H,36,38). The van der Waals surface area contributed by atoms with Crippen LogP contribution in [0.3, 0.4) is 0 Å². The summed E-state index contributed by atoms with van der Waals surface area (Å²) in [5, 5.41) is 2.86. The molecule has 1 N–H and O–H groups in total. The molecule has 0 spiro atoms. The zero-order chi connectivity index (χ0) is 28.0. The Bertz CT molecular complexity index is 1470. The summed E-state index contributed by atoms with van der Waals surface area (Å²) in [4.78, 5) is 26.5. The molecule has 8 nitrogen and oxygen atoms in total. The fraction of sp³-hybridized carbons (Fsp3) is 0.172. The van der Waals surface area contributed by atoms with Gasteiger partial charge in [-0.3, -0.25) is 4.98 Å². The average molecular weight is 548 g/mol. The number of aromatic nitrogens is 3. The van der Waals surface area contributed by atoms with Crippen LogP contribution in [-0.2, 0) is 6.18 Å². The molecular weight excluding hydrogens is 523 g/mol. The van der Waals surface area contributed by atoms with Crippen molar-refractivity contribution >= 4 is 17.8 Å². The molecule has 4 aromatic rings. The Morgan fingerprint density at radius 1 is 0.875 bits per heavy atom. The number of alkyl halides is 3. The van der Waals surface area contributed by atoms with Crippen LogP contribution < -0.4 is 14.8 Å². The highest BCUT2D eigenvalue weighted by Crippen LogP contribution is 2.30. The molecule has 1 saturated heterocycles. The van der Waals surface area contributed by atoms with E-state index in [4.69, 9.17) is 9.47 Å². The van der Waals surface area contributed by atoms with Gasteiger partial charge in [0.15, 0.2) is 0 Å². The lowest BCUT2D eigenvalue weighted by atomic mass is 10.0. The minimum absolute atomic E-state index is 0.0722. The zero-order valence-electron chi connectivity index (χ0n) is 21.1. The fourth-order valence-electron chi connectivity index (χ4n) is 4.02. The number of pyridine rings is 3. The first-order chi connectivity index (χ1) is 19.3. The summed E-state index contributed by atoms with van der Waals surface area (Å²) < 4.78 is 49.5. The average Bonchev–Trinajstić information content (AvgIpc) is 2.95. The summed E-state index contributed by atoms with van der Waals surface area (Å²) in [6, 6.07) is 16.1. The Kier molecular flexibility index (Phi) is 7.90. The Balaban J connectivity index is 1.12. The number of ether oxygens (including phenoxy) is 2. The summed E-state index contributed by atoms with van der Waals surface area (Å²) in [5.41, 5.74) is 1.79. The quantitative estimate of drug-likeness (QED) is 0.275. The van der Waals surface area contributed by atoms with E-state index in [2.05, 4.69) is 20.3 Å². The fourth-order valence-corrected chi connectivity index (χ4v) is 4.02. The van der Waals surface area contributed by atoms with E-state index >= 15 is 0 Å². The van der Waals surface area contributed by atoms with Crippen molar-refractivity contribution in [3.8, 4) is 23.3 Å². The van der Waals surface area contributed by atoms with E-state index in [1.165, 1.54) is 17.8 Å². The number of amides is 2. The van der Waals surface area contributed by atoms with Crippen LogP contribution in [0.25, 0.3) is 6.08 Å². The van der Waals surface area contributed by atoms with Gasteiger partial charge in [-0.1, -0.05) is 23.8 Å². The molecule has 0 bridgehead atoms. The summed E-state index contributed by atoms with van der Waals surface area (Å²) in [6.45, 7) is 1.11. The first-order valence-electron chi connectivity index (χ1n) is 12.4. The number of piperidine rings is 1. The Morgan fingerprint density at radius 3 is 2.25 bits per heavy atom. The van der Waals surface area contributed by atoms with Crippen molar-refractivity contribution in [2.75, 3.05) is 18.4 Å². The van der Waals surface area contributed by atoms with Crippen molar-refractivity contribution in [3.63, 3.8) is 0 Å². The van der Waals surface area contributed by atoms with Gasteiger partial charge < -0.3 is 19.7 Å². The summed E-state index contributed by atoms with van der Waals surface area (Å²) >= 11 is 0. The van der Waals surface area contributed by atoms with E-state index in [9.17, 15) is 18.0 Å². The smallest absolute Gasteiger partial charge is 0.417 e. The zero-order valence-corrected chi connectivity index (χ0v) is 21.1. The number of halogens is 3. The van der Waals surface area contributed by atoms with E-state index in [1.807, 2.05) is 12.1 Å². The highest BCUT2D eigenvalue weighted by Gasteiger charge is 2.30. The topological polar surface area (TPSA) is 89.5 Å². The van der Waals surface area contributed by atoms with Crippen molar-refractivity contribution in [1.29, 1.82) is 0 Å². The van der Waals surface area contributed by atoms with Crippen LogP contribution in [0.2, 0.25) is 0 Å². The van der Waals surface area contributed by atoms with E-state index in [0.29, 0.717) is 49.0 Å². The molecule has 5 rings (SSSR count). The normalized spacial score (nSPS) is 13.5. The van der Waals surface area contributed by atoms with Crippen LogP contribution in [0.5, 0.6) is 23.3 Å². The Hall–Kier alpha value is -4.93. The molecule has 0 aliphatic carbocycles. The third-order valence-corrected chi connectivity index (χ3v) is 6.05. The molecule has 3 aromatic heterocycles. The highest BCUT2D eigenvalue weighted by molar-refractivity contribution is 5.89. The van der Waals surface area contributed by atoms with E-state index in [0.717, 1.165) is 17.8 Å². The molecule has 11 heteroatoms. The number of carbonyl (C=O) groups excluding carboxylic acids is 1. The van der Waals surface area contributed by atoms with Crippen molar-refractivity contribution in [3.05, 3.63) is 102 Å². The molecule has 40 heavy (non-hydrogen) atoms. The molecule has 0 saturated carbocycles. The number of likely N-dealkylation sites (tertiary alicyclic amines) is 1. The number of benzene rings is 1. The predicted molar refractivity (Wildman–Crippen MR) is 142 cm³/mol. The second kappa shape index (κ2) is 11.9. The number of carbonyl (C=O) groups is 1. The lowest BCUT2D eigenvalue weighted by molar-refractivity contribution is -0.137. The van der Waals surface area contributed by atoms with Crippen molar-refractivity contribution < 1.29 is 27.4 Å². The van der Waals surface area contributed by atoms with Crippen molar-refractivity contribution in [2.45, 2.75) is 19.0 Å². The van der Waals surface area contributed by atoms with Crippen LogP contribution in [0, 0.1) is 0 Å². The van der Waals surface area contributed by atoms with Gasteiger partial charge in [-0.05, 0) is 54.8 Å². The molecular formula is C29H24F3N5O3. The molecule has 1 fully saturated rings. The molecule has 0 atom stereocenters. The Morgan fingerprint density at radius 2 is 1.60 bits per heavy atom. The molecule has 2 amide bonds. The van der Waals surface area contributed by atoms with Gasteiger partial charge in [-0.2, -0.15) is 13.2 Å². The number of nitrogens with zero attached hydrogens (tertiary/aromatic N) is 4. The number of hydrogen-bond donors (Lipinski definition) is 1. The lowest BCUT2D eigenvalue weighted by Crippen LogP contribution is -2.39. The number of anilines is 1. The minimum Gasteiger partial charge on any atom is -0.439 e. The van der Waals surface area contributed by atoms with Gasteiger partial charge in [0.2, 0.25) is 11.8 Å². The van der Waals surface area contributed by atoms with E-state index in [-0.39, 0.29) is 11.9 Å². The summed E-state index contributed by atoms with van der Waals surface area (Å²) in [7, 11) is 0. The predicted octanol–water partition coefficient (Wildman–Crippen LogP) is 7.19. The van der Waals surface area contributed by atoms with Gasteiger partial charge >= 0.3 is 12.2 Å². The largest absolute Gasteiger partial charge is 0.439 e. The molecule has 1 aliphatic rings. The molecule has 1 aliphatic heterocycles. The molecule has 0 radical (unpaired) electrons. The van der Waals surface area contributed by atoms with Crippen LogP contribution in [0.15, 0.2) is 91.0 Å². The van der Waals surface area contributed by atoms with Crippen molar-refractivity contribution in [2.24, 2.45) is 0 Å². The number of rotatable bonds is 6. The second-order valence-corrected chi connectivity index (χ2v) is 8.95. The van der Waals surface area contributed by atoms with E-state index < -0.39 is 11.7 Å². The Labute approximate surface area is 228 Å². The van der Waals surface area contributed by atoms with Crippen LogP contribution in [0.4, 0.5) is 23.7 Å². The SMILES string of the molecule is O=C(Nc1ccc(Oc2cccnc2)nc1)N1CCC(=Cc2cccc(Oc3ccc(C(F)(F)F)cn3)c2)CC1. The monoisotopic (exact) mass is 547 g/mol. The van der Waals surface area contributed by atoms with Crippen LogP contribution in [-0.4, -0.2) is 39.0 Å². The molecule has 0 unspecified atom stereocenters. The first-order valence-corrected chi connectivity index (χ1v) is 12.4. The van der Waals surface area contributed by atoms with Crippen molar-refractivity contribution in [1.82, 2.24) is 19.9 Å². The molecule has 1 aromatic carbocycles. The van der Waals surface area contributed by atoms with Crippen LogP contribution >= 0.6 is 0 Å². The minimum atomic E-state index is -4.45. The van der Waals surface area contributed by atoms with Crippen LogP contribution in [0.1, 0.15) is 24.0 Å². The lowest BCUT2D eigenvalue weighted by Gasteiger charge is -2.28. The van der Waals surface area contributed by atoms with E-state index in [1.54, 1.807) is 59.8 Å². The first kappa shape index (κ1) is 26.7. The van der Waals surface area contributed by atoms with Gasteiger partial charge in [-0.15, -0.1) is 0 Å². The highest BCUT2D eigenvalue weighted by atomic mass is 19.4.